The summed E-state index contributed by atoms with van der Waals surface area (Å²) >= 11 is 12.0. The molecule has 1 heterocycles. The first-order valence-corrected chi connectivity index (χ1v) is 7.68. The zero-order valence-corrected chi connectivity index (χ0v) is 14.0. The van der Waals surface area contributed by atoms with E-state index in [0.717, 1.165) is 22.2 Å². The van der Waals surface area contributed by atoms with Gasteiger partial charge in [0.1, 0.15) is 11.4 Å². The number of aryl methyl sites for hydroxylation is 1. The van der Waals surface area contributed by atoms with E-state index in [-0.39, 0.29) is 5.91 Å². The van der Waals surface area contributed by atoms with Crippen LogP contribution in [0.1, 0.15) is 16.1 Å². The number of benzene rings is 2. The second-order valence-corrected chi connectivity index (χ2v) is 5.96. The van der Waals surface area contributed by atoms with Crippen molar-refractivity contribution in [2.45, 2.75) is 6.92 Å². The molecule has 0 atom stereocenters. The van der Waals surface area contributed by atoms with Gasteiger partial charge in [0.05, 0.1) is 17.8 Å². The van der Waals surface area contributed by atoms with E-state index >= 15 is 0 Å². The number of hydrogen-bond donors (Lipinski definition) is 2. The van der Waals surface area contributed by atoms with Crippen LogP contribution in [0, 0.1) is 6.92 Å². The number of ether oxygens (including phenoxy) is 1. The number of anilines is 1. The number of methoxy groups -OCH3 is 1. The second-order valence-electron chi connectivity index (χ2n) is 5.11. The number of hydrogen-bond acceptors (Lipinski definition) is 2. The van der Waals surface area contributed by atoms with Gasteiger partial charge in [0.15, 0.2) is 0 Å². The quantitative estimate of drug-likeness (QED) is 0.696. The van der Waals surface area contributed by atoms with Crippen LogP contribution in [0.2, 0.25) is 10.0 Å². The molecule has 0 aliphatic heterocycles. The van der Waals surface area contributed by atoms with Gasteiger partial charge in [0.2, 0.25) is 0 Å². The van der Waals surface area contributed by atoms with Gasteiger partial charge in [-0.1, -0.05) is 23.2 Å². The minimum absolute atomic E-state index is 0.262. The largest absolute Gasteiger partial charge is 0.497 e. The maximum Gasteiger partial charge on any atom is 0.272 e. The predicted molar refractivity (Wildman–Crippen MR) is 94.0 cm³/mol. The lowest BCUT2D eigenvalue weighted by molar-refractivity contribution is 0.102. The van der Waals surface area contributed by atoms with Crippen molar-refractivity contribution in [3.63, 3.8) is 0 Å². The van der Waals surface area contributed by atoms with Gasteiger partial charge in [-0.05, 0) is 42.8 Å². The number of fused-ring (bicyclic) bond motifs is 1. The summed E-state index contributed by atoms with van der Waals surface area (Å²) in [7, 11) is 1.60. The molecule has 0 unspecified atom stereocenters. The van der Waals surface area contributed by atoms with Crippen molar-refractivity contribution in [2.24, 2.45) is 0 Å². The topological polar surface area (TPSA) is 54.1 Å². The lowest BCUT2D eigenvalue weighted by Crippen LogP contribution is -2.13. The minimum Gasteiger partial charge on any atom is -0.497 e. The molecule has 6 heteroatoms. The summed E-state index contributed by atoms with van der Waals surface area (Å²) < 4.78 is 5.20. The molecule has 0 bridgehead atoms. The summed E-state index contributed by atoms with van der Waals surface area (Å²) in [6.07, 6.45) is 0. The highest BCUT2D eigenvalue weighted by molar-refractivity contribution is 6.36. The fourth-order valence-electron chi connectivity index (χ4n) is 2.45. The molecule has 2 N–H and O–H groups in total. The van der Waals surface area contributed by atoms with E-state index in [1.807, 2.05) is 25.1 Å². The molecule has 118 valence electrons. The Hall–Kier alpha value is -2.17. The van der Waals surface area contributed by atoms with Crippen molar-refractivity contribution >= 4 is 45.7 Å². The Morgan fingerprint density at radius 3 is 2.65 bits per heavy atom. The number of halogens is 2. The van der Waals surface area contributed by atoms with Gasteiger partial charge in [-0.15, -0.1) is 0 Å². The van der Waals surface area contributed by atoms with Gasteiger partial charge in [-0.3, -0.25) is 4.79 Å². The number of amides is 1. The summed E-state index contributed by atoms with van der Waals surface area (Å²) in [4.78, 5) is 15.7. The molecular weight excluding hydrogens is 335 g/mol. The number of carbonyl (C=O) groups is 1. The van der Waals surface area contributed by atoms with E-state index in [2.05, 4.69) is 10.3 Å². The molecule has 3 rings (SSSR count). The van der Waals surface area contributed by atoms with E-state index in [9.17, 15) is 4.79 Å². The van der Waals surface area contributed by atoms with Crippen LogP contribution in [0.3, 0.4) is 0 Å². The van der Waals surface area contributed by atoms with Crippen molar-refractivity contribution in [3.05, 3.63) is 57.7 Å². The predicted octanol–water partition coefficient (Wildman–Crippen LogP) is 5.04. The molecule has 2 aromatic carbocycles. The molecule has 0 aliphatic carbocycles. The lowest BCUT2D eigenvalue weighted by Gasteiger charge is -2.07. The monoisotopic (exact) mass is 348 g/mol. The van der Waals surface area contributed by atoms with Crippen molar-refractivity contribution in [2.75, 3.05) is 12.4 Å². The highest BCUT2D eigenvalue weighted by atomic mass is 35.5. The van der Waals surface area contributed by atoms with E-state index < -0.39 is 0 Å². The fourth-order valence-corrected chi connectivity index (χ4v) is 2.90. The van der Waals surface area contributed by atoms with Gasteiger partial charge >= 0.3 is 0 Å². The summed E-state index contributed by atoms with van der Waals surface area (Å²) in [6.45, 7) is 1.89. The van der Waals surface area contributed by atoms with E-state index in [1.165, 1.54) is 0 Å². The van der Waals surface area contributed by atoms with Crippen molar-refractivity contribution < 1.29 is 9.53 Å². The highest BCUT2D eigenvalue weighted by Crippen LogP contribution is 2.28. The zero-order valence-electron chi connectivity index (χ0n) is 12.5. The Bertz CT molecular complexity index is 903. The van der Waals surface area contributed by atoms with Crippen molar-refractivity contribution in [1.82, 2.24) is 4.98 Å². The maximum absolute atomic E-state index is 12.5. The highest BCUT2D eigenvalue weighted by Gasteiger charge is 2.16. The van der Waals surface area contributed by atoms with Gasteiger partial charge in [-0.2, -0.15) is 0 Å². The van der Waals surface area contributed by atoms with Crippen LogP contribution in [-0.2, 0) is 0 Å². The molecule has 23 heavy (non-hydrogen) atoms. The van der Waals surface area contributed by atoms with Crippen molar-refractivity contribution in [3.8, 4) is 5.75 Å². The fraction of sp³-hybridized carbons (Fsp3) is 0.118. The van der Waals surface area contributed by atoms with E-state index in [1.54, 1.807) is 25.3 Å². The summed E-state index contributed by atoms with van der Waals surface area (Å²) in [5.41, 5.74) is 2.70. The Morgan fingerprint density at radius 1 is 1.17 bits per heavy atom. The second kappa shape index (κ2) is 6.14. The molecule has 4 nitrogen and oxygen atoms in total. The average molecular weight is 349 g/mol. The molecular formula is C17H14Cl2N2O2. The minimum atomic E-state index is -0.262. The third kappa shape index (κ3) is 3.00. The molecule has 0 saturated carbocycles. The van der Waals surface area contributed by atoms with Gasteiger partial charge in [-0.25, -0.2) is 0 Å². The average Bonchev–Trinajstić information content (AvgIpc) is 2.86. The van der Waals surface area contributed by atoms with Crippen LogP contribution in [0.4, 0.5) is 5.69 Å². The van der Waals surface area contributed by atoms with Crippen molar-refractivity contribution in [1.29, 1.82) is 0 Å². The van der Waals surface area contributed by atoms with E-state index in [4.69, 9.17) is 27.9 Å². The van der Waals surface area contributed by atoms with Gasteiger partial charge in [0.25, 0.3) is 5.91 Å². The number of rotatable bonds is 3. The third-order valence-electron chi connectivity index (χ3n) is 3.67. The summed E-state index contributed by atoms with van der Waals surface area (Å²) in [5, 5.41) is 4.67. The Balaban J connectivity index is 1.95. The van der Waals surface area contributed by atoms with Gasteiger partial charge < -0.3 is 15.0 Å². The molecule has 0 fully saturated rings. The van der Waals surface area contributed by atoms with Gasteiger partial charge in [0, 0.05) is 22.0 Å². The zero-order chi connectivity index (χ0) is 16.6. The normalized spacial score (nSPS) is 10.8. The Kier molecular flexibility index (Phi) is 4.20. The summed E-state index contributed by atoms with van der Waals surface area (Å²) in [5.74, 6) is 0.466. The van der Waals surface area contributed by atoms with Crippen LogP contribution in [0.5, 0.6) is 5.75 Å². The molecule has 0 radical (unpaired) electrons. The summed E-state index contributed by atoms with van der Waals surface area (Å²) in [6, 6.07) is 10.6. The van der Waals surface area contributed by atoms with Crippen LogP contribution in [-0.4, -0.2) is 18.0 Å². The van der Waals surface area contributed by atoms with Crippen LogP contribution in [0.15, 0.2) is 36.4 Å². The van der Waals surface area contributed by atoms with Crippen LogP contribution < -0.4 is 10.1 Å². The first-order chi connectivity index (χ1) is 11.0. The number of nitrogens with one attached hydrogen (secondary N) is 2. The Labute approximate surface area is 143 Å². The number of H-pyrrole nitrogens is 1. The number of carbonyl (C=O) groups excluding carboxylic acids is 1. The van der Waals surface area contributed by atoms with E-state index in [0.29, 0.717) is 21.4 Å². The molecule has 1 amide bonds. The van der Waals surface area contributed by atoms with Crippen LogP contribution in [0.25, 0.3) is 10.9 Å². The standard InChI is InChI=1S/C17H14Cl2N2O2/c1-9-12-5-4-11(23-2)8-15(12)20-16(9)17(22)21-14-6-3-10(18)7-13(14)19/h3-8,20H,1-2H3,(H,21,22). The first-order valence-electron chi connectivity index (χ1n) is 6.92. The third-order valence-corrected chi connectivity index (χ3v) is 4.22. The molecule has 0 aliphatic rings. The SMILES string of the molecule is COc1ccc2c(C)c(C(=O)Nc3ccc(Cl)cc3Cl)[nH]c2c1. The maximum atomic E-state index is 12.5. The number of aromatic amines is 1. The molecule has 0 saturated heterocycles. The number of aromatic nitrogens is 1. The molecule has 3 aromatic rings. The molecule has 0 spiro atoms. The smallest absolute Gasteiger partial charge is 0.272 e. The molecule has 1 aromatic heterocycles. The lowest BCUT2D eigenvalue weighted by atomic mass is 10.1. The Morgan fingerprint density at radius 2 is 1.96 bits per heavy atom. The first kappa shape index (κ1) is 15.7. The van der Waals surface area contributed by atoms with Crippen LogP contribution >= 0.6 is 23.2 Å².